The number of carbonyl (C=O) groups is 6. The van der Waals surface area contributed by atoms with Crippen molar-refractivity contribution in [2.45, 2.75) is 0 Å². The first kappa shape index (κ1) is 15.2. The van der Waals surface area contributed by atoms with Gasteiger partial charge in [-0.3, -0.25) is 9.59 Å². The zero-order valence-electron chi connectivity index (χ0n) is 11.7. The Bertz CT molecular complexity index is 841. The molecule has 8 nitrogen and oxygen atoms in total. The van der Waals surface area contributed by atoms with E-state index in [0.29, 0.717) is 0 Å². The predicted octanol–water partition coefficient (Wildman–Crippen LogP) is 0.0716. The summed E-state index contributed by atoms with van der Waals surface area (Å²) in [4.78, 5) is 69.9. The summed E-state index contributed by atoms with van der Waals surface area (Å²) >= 11 is 0. The topological polar surface area (TPSA) is 121 Å². The number of Topliss-reactive ketones (excluding diaryl/α,β-unsaturated/α-hetero) is 2. The van der Waals surface area contributed by atoms with E-state index in [1.54, 1.807) is 0 Å². The molecule has 0 radical (unpaired) electrons. The highest BCUT2D eigenvalue weighted by atomic mass is 16.6. The number of cyclic esters (lactones) is 4. The Balaban J connectivity index is 2.03. The molecular formula is C16H6O8. The Kier molecular flexibility index (Phi) is 3.49. The normalized spacial score (nSPS) is 16.5. The fourth-order valence-electron chi connectivity index (χ4n) is 2.19. The van der Waals surface area contributed by atoms with E-state index < -0.39 is 46.6 Å². The van der Waals surface area contributed by atoms with Crippen LogP contribution in [0.15, 0.2) is 47.6 Å². The largest absolute Gasteiger partial charge is 0.386 e. The predicted molar refractivity (Wildman–Crippen MR) is 73.5 cm³/mol. The van der Waals surface area contributed by atoms with Gasteiger partial charge in [0.05, 0.1) is 0 Å². The van der Waals surface area contributed by atoms with Crippen LogP contribution in [0.25, 0.3) is 0 Å². The third-order valence-electron chi connectivity index (χ3n) is 3.26. The molecule has 24 heavy (non-hydrogen) atoms. The zero-order valence-corrected chi connectivity index (χ0v) is 11.7. The molecule has 0 N–H and O–H groups in total. The maximum absolute atomic E-state index is 12.4. The van der Waals surface area contributed by atoms with Gasteiger partial charge in [-0.05, 0) is 0 Å². The van der Waals surface area contributed by atoms with Gasteiger partial charge in [-0.25, -0.2) is 19.2 Å². The van der Waals surface area contributed by atoms with Crippen LogP contribution in [0.1, 0.15) is 20.7 Å². The quantitative estimate of drug-likeness (QED) is 0.330. The molecule has 0 spiro atoms. The molecule has 2 heterocycles. The third-order valence-corrected chi connectivity index (χ3v) is 3.26. The number of hydrogen-bond donors (Lipinski definition) is 0. The van der Waals surface area contributed by atoms with Crippen LogP contribution in [0.3, 0.4) is 0 Å². The number of carbonyl (C=O) groups excluding carboxylic acids is 6. The molecule has 2 aliphatic heterocycles. The average Bonchev–Trinajstić information content (AvgIpc) is 3.06. The monoisotopic (exact) mass is 326 g/mol. The van der Waals surface area contributed by atoms with Gasteiger partial charge >= 0.3 is 23.9 Å². The Morgan fingerprint density at radius 1 is 0.667 bits per heavy atom. The van der Waals surface area contributed by atoms with Crippen molar-refractivity contribution in [2.75, 3.05) is 0 Å². The van der Waals surface area contributed by atoms with Crippen LogP contribution in [0.5, 0.6) is 0 Å². The van der Waals surface area contributed by atoms with Gasteiger partial charge < -0.3 is 9.47 Å². The second-order valence-electron chi connectivity index (χ2n) is 4.74. The maximum atomic E-state index is 12.4. The molecule has 0 amide bonds. The second kappa shape index (κ2) is 5.51. The second-order valence-corrected chi connectivity index (χ2v) is 4.74. The molecule has 0 bridgehead atoms. The summed E-state index contributed by atoms with van der Waals surface area (Å²) in [7, 11) is 0. The average molecular weight is 326 g/mol. The van der Waals surface area contributed by atoms with Gasteiger partial charge in [0.25, 0.3) is 0 Å². The van der Waals surface area contributed by atoms with Crippen molar-refractivity contribution in [1.82, 2.24) is 0 Å². The number of ether oxygens (including phenoxy) is 2. The SMILES string of the molecule is O=C1C=C(C(=O)c2ccccc2C(=O)C2=CC(=O)OC2=O)C(=O)O1. The summed E-state index contributed by atoms with van der Waals surface area (Å²) in [6, 6.07) is 5.35. The van der Waals surface area contributed by atoms with Crippen LogP contribution >= 0.6 is 0 Å². The lowest BCUT2D eigenvalue weighted by Crippen LogP contribution is -2.17. The Morgan fingerprint density at radius 3 is 1.33 bits per heavy atom. The van der Waals surface area contributed by atoms with E-state index in [-0.39, 0.29) is 11.1 Å². The smallest absolute Gasteiger partial charge is 0.350 e. The van der Waals surface area contributed by atoms with E-state index in [4.69, 9.17) is 0 Å². The van der Waals surface area contributed by atoms with Crippen LogP contribution in [-0.4, -0.2) is 35.4 Å². The van der Waals surface area contributed by atoms with Crippen molar-refractivity contribution in [1.29, 1.82) is 0 Å². The van der Waals surface area contributed by atoms with Crippen molar-refractivity contribution in [3.8, 4) is 0 Å². The minimum atomic E-state index is -1.12. The van der Waals surface area contributed by atoms with Crippen LogP contribution in [0.2, 0.25) is 0 Å². The van der Waals surface area contributed by atoms with Gasteiger partial charge in [0, 0.05) is 23.3 Å². The van der Waals surface area contributed by atoms with Crippen LogP contribution in [-0.2, 0) is 28.7 Å². The molecule has 0 fully saturated rings. The van der Waals surface area contributed by atoms with E-state index in [0.717, 1.165) is 12.2 Å². The Labute approximate surface area is 133 Å². The Morgan fingerprint density at radius 2 is 1.04 bits per heavy atom. The number of rotatable bonds is 4. The fraction of sp³-hybridized carbons (Fsp3) is 0. The summed E-state index contributed by atoms with van der Waals surface area (Å²) in [6.45, 7) is 0. The van der Waals surface area contributed by atoms with Crippen LogP contribution in [0.4, 0.5) is 0 Å². The number of hydrogen-bond acceptors (Lipinski definition) is 8. The lowest BCUT2D eigenvalue weighted by Gasteiger charge is -2.06. The lowest BCUT2D eigenvalue weighted by atomic mass is 9.93. The number of esters is 4. The first-order chi connectivity index (χ1) is 11.4. The molecule has 8 heteroatoms. The number of ketones is 2. The standard InChI is InChI=1S/C16H6O8/c17-11-5-9(15(21)23-11)13(19)7-3-1-2-4-8(7)14(20)10-6-12(18)24-16(10)22/h1-6H. The summed E-state index contributed by atoms with van der Waals surface area (Å²) in [6.07, 6.45) is 1.44. The minimum Gasteiger partial charge on any atom is -0.386 e. The van der Waals surface area contributed by atoms with Crippen molar-refractivity contribution in [3.05, 3.63) is 58.7 Å². The third kappa shape index (κ3) is 2.45. The molecule has 2 aliphatic rings. The van der Waals surface area contributed by atoms with E-state index in [9.17, 15) is 28.8 Å². The highest BCUT2D eigenvalue weighted by Gasteiger charge is 2.35. The van der Waals surface area contributed by atoms with Gasteiger partial charge in [-0.2, -0.15) is 0 Å². The van der Waals surface area contributed by atoms with Crippen molar-refractivity contribution in [3.63, 3.8) is 0 Å². The molecule has 0 saturated heterocycles. The molecule has 118 valence electrons. The highest BCUT2D eigenvalue weighted by Crippen LogP contribution is 2.22. The molecular weight excluding hydrogens is 320 g/mol. The zero-order chi connectivity index (χ0) is 17.4. The molecule has 0 saturated carbocycles. The molecule has 1 aromatic carbocycles. The van der Waals surface area contributed by atoms with Gasteiger partial charge in [0.15, 0.2) is 0 Å². The summed E-state index contributed by atoms with van der Waals surface area (Å²) < 4.78 is 8.48. The maximum Gasteiger partial charge on any atom is 0.350 e. The summed E-state index contributed by atoms with van der Waals surface area (Å²) in [5.74, 6) is -6.04. The number of benzene rings is 1. The Hall–Kier alpha value is -3.68. The minimum absolute atomic E-state index is 0.214. The first-order valence-electron chi connectivity index (χ1n) is 6.52. The van der Waals surface area contributed by atoms with E-state index in [2.05, 4.69) is 9.47 Å². The van der Waals surface area contributed by atoms with Crippen LogP contribution < -0.4 is 0 Å². The molecule has 0 aromatic heterocycles. The van der Waals surface area contributed by atoms with Gasteiger partial charge in [-0.15, -0.1) is 0 Å². The molecule has 0 aliphatic carbocycles. The van der Waals surface area contributed by atoms with E-state index in [1.165, 1.54) is 24.3 Å². The van der Waals surface area contributed by atoms with Gasteiger partial charge in [0.1, 0.15) is 11.1 Å². The molecule has 1 aromatic rings. The molecule has 3 rings (SSSR count). The molecule has 0 unspecified atom stereocenters. The van der Waals surface area contributed by atoms with E-state index >= 15 is 0 Å². The van der Waals surface area contributed by atoms with Gasteiger partial charge in [-0.1, -0.05) is 24.3 Å². The fourth-order valence-corrected chi connectivity index (χ4v) is 2.19. The first-order valence-corrected chi connectivity index (χ1v) is 6.52. The van der Waals surface area contributed by atoms with Crippen molar-refractivity contribution >= 4 is 35.4 Å². The van der Waals surface area contributed by atoms with Gasteiger partial charge in [0.2, 0.25) is 11.6 Å². The lowest BCUT2D eigenvalue weighted by molar-refractivity contribution is -0.152. The van der Waals surface area contributed by atoms with Crippen LogP contribution in [0, 0.1) is 0 Å². The van der Waals surface area contributed by atoms with Crippen molar-refractivity contribution < 1.29 is 38.2 Å². The summed E-state index contributed by atoms with van der Waals surface area (Å²) in [5.41, 5.74) is -1.49. The van der Waals surface area contributed by atoms with Crippen molar-refractivity contribution in [2.24, 2.45) is 0 Å². The molecule has 0 atom stereocenters. The van der Waals surface area contributed by atoms with E-state index in [1.807, 2.05) is 0 Å². The highest BCUT2D eigenvalue weighted by molar-refractivity contribution is 6.36. The summed E-state index contributed by atoms with van der Waals surface area (Å²) in [5, 5.41) is 0.